The number of rotatable bonds is 4. The smallest absolute Gasteiger partial charge is 0.339 e. The third kappa shape index (κ3) is 2.60. The summed E-state index contributed by atoms with van der Waals surface area (Å²) in [6.07, 6.45) is 1.31. The minimum Gasteiger partial charge on any atom is -0.484 e. The number of halogens is 1. The summed E-state index contributed by atoms with van der Waals surface area (Å²) in [5.74, 6) is -0.296. The van der Waals surface area contributed by atoms with Crippen molar-refractivity contribution in [2.45, 2.75) is 6.61 Å². The molecule has 2 rings (SSSR count). The van der Waals surface area contributed by atoms with Crippen molar-refractivity contribution in [1.82, 2.24) is 0 Å². The van der Waals surface area contributed by atoms with E-state index < -0.39 is 5.97 Å². The number of carboxylic acid groups (broad SMARTS) is 1. The lowest BCUT2D eigenvalue weighted by Gasteiger charge is -2.06. The van der Waals surface area contributed by atoms with Gasteiger partial charge in [0.05, 0.1) is 11.3 Å². The molecule has 1 aromatic heterocycles. The highest BCUT2D eigenvalue weighted by atomic mass is 35.5. The Morgan fingerprint density at radius 1 is 1.35 bits per heavy atom. The highest BCUT2D eigenvalue weighted by Crippen LogP contribution is 2.24. The van der Waals surface area contributed by atoms with Gasteiger partial charge in [-0.25, -0.2) is 4.79 Å². The predicted octanol–water partition coefficient (Wildman–Crippen LogP) is 3.21. The van der Waals surface area contributed by atoms with Gasteiger partial charge in [0, 0.05) is 0 Å². The van der Waals surface area contributed by atoms with Crippen LogP contribution >= 0.6 is 11.6 Å². The molecule has 4 nitrogen and oxygen atoms in total. The van der Waals surface area contributed by atoms with Crippen LogP contribution in [0.5, 0.6) is 5.75 Å². The second-order valence-electron chi connectivity index (χ2n) is 3.28. The Labute approximate surface area is 102 Å². The van der Waals surface area contributed by atoms with Crippen LogP contribution < -0.4 is 4.74 Å². The fraction of sp³-hybridized carbons (Fsp3) is 0.0833. The zero-order valence-corrected chi connectivity index (χ0v) is 9.48. The first kappa shape index (κ1) is 11.5. The summed E-state index contributed by atoms with van der Waals surface area (Å²) >= 11 is 5.89. The number of carbonyl (C=O) groups is 1. The minimum absolute atomic E-state index is 0.0262. The Kier molecular flexibility index (Phi) is 3.35. The van der Waals surface area contributed by atoms with E-state index in [4.69, 9.17) is 25.9 Å². The monoisotopic (exact) mass is 252 g/mol. The summed E-state index contributed by atoms with van der Waals surface area (Å²) in [5, 5.41) is 9.33. The van der Waals surface area contributed by atoms with E-state index in [9.17, 15) is 4.79 Å². The van der Waals surface area contributed by atoms with Crippen molar-refractivity contribution in [3.05, 3.63) is 52.9 Å². The average molecular weight is 253 g/mol. The van der Waals surface area contributed by atoms with Gasteiger partial charge in [0.15, 0.2) is 5.76 Å². The van der Waals surface area contributed by atoms with Crippen molar-refractivity contribution < 1.29 is 19.1 Å². The van der Waals surface area contributed by atoms with E-state index in [0.717, 1.165) is 0 Å². The lowest BCUT2D eigenvalue weighted by atomic mass is 10.2. The molecule has 0 atom stereocenters. The van der Waals surface area contributed by atoms with Crippen molar-refractivity contribution >= 4 is 17.6 Å². The Balaban J connectivity index is 2.10. The normalized spacial score (nSPS) is 10.2. The molecule has 5 heteroatoms. The van der Waals surface area contributed by atoms with Crippen LogP contribution in [0.3, 0.4) is 0 Å². The van der Waals surface area contributed by atoms with Crippen LogP contribution in [0.15, 0.2) is 41.0 Å². The van der Waals surface area contributed by atoms with Crippen molar-refractivity contribution in [2.24, 2.45) is 0 Å². The van der Waals surface area contributed by atoms with Crippen molar-refractivity contribution in [3.63, 3.8) is 0 Å². The highest BCUT2D eigenvalue weighted by molar-refractivity contribution is 6.32. The molecule has 88 valence electrons. The first-order chi connectivity index (χ1) is 8.18. The largest absolute Gasteiger partial charge is 0.484 e. The number of hydrogen-bond donors (Lipinski definition) is 1. The fourth-order valence-electron chi connectivity index (χ4n) is 1.35. The van der Waals surface area contributed by atoms with Crippen LogP contribution in [-0.2, 0) is 6.61 Å². The second-order valence-corrected chi connectivity index (χ2v) is 3.69. The van der Waals surface area contributed by atoms with Gasteiger partial charge >= 0.3 is 5.97 Å². The highest BCUT2D eigenvalue weighted by Gasteiger charge is 2.14. The molecule has 0 aliphatic heterocycles. The average Bonchev–Trinajstić information content (AvgIpc) is 2.76. The Morgan fingerprint density at radius 3 is 2.82 bits per heavy atom. The fourth-order valence-corrected chi connectivity index (χ4v) is 1.54. The molecule has 0 fully saturated rings. The summed E-state index contributed by atoms with van der Waals surface area (Å²) < 4.78 is 10.4. The molecule has 0 radical (unpaired) electrons. The van der Waals surface area contributed by atoms with Gasteiger partial charge in [-0.15, -0.1) is 0 Å². The Bertz CT molecular complexity index is 533. The molecule has 1 N–H and O–H groups in total. The number of hydrogen-bond acceptors (Lipinski definition) is 3. The summed E-state index contributed by atoms with van der Waals surface area (Å²) in [6, 6.07) is 8.34. The van der Waals surface area contributed by atoms with Gasteiger partial charge in [-0.3, -0.25) is 0 Å². The van der Waals surface area contributed by atoms with E-state index in [0.29, 0.717) is 10.8 Å². The lowest BCUT2D eigenvalue weighted by Crippen LogP contribution is -2.02. The summed E-state index contributed by atoms with van der Waals surface area (Å²) in [6.45, 7) is 0.0262. The van der Waals surface area contributed by atoms with Crippen molar-refractivity contribution in [3.8, 4) is 5.75 Å². The van der Waals surface area contributed by atoms with Crippen LogP contribution in [0.25, 0.3) is 0 Å². The second kappa shape index (κ2) is 4.93. The number of para-hydroxylation sites is 1. The van der Waals surface area contributed by atoms with Gasteiger partial charge in [0.1, 0.15) is 17.9 Å². The molecule has 1 aromatic carbocycles. The van der Waals surface area contributed by atoms with E-state index in [1.165, 1.54) is 12.3 Å². The van der Waals surface area contributed by atoms with Crippen molar-refractivity contribution in [1.29, 1.82) is 0 Å². The number of benzene rings is 1. The van der Waals surface area contributed by atoms with Gasteiger partial charge in [-0.1, -0.05) is 23.7 Å². The van der Waals surface area contributed by atoms with E-state index in [2.05, 4.69) is 0 Å². The maximum absolute atomic E-state index is 10.8. The van der Waals surface area contributed by atoms with Crippen LogP contribution in [-0.4, -0.2) is 11.1 Å². The van der Waals surface area contributed by atoms with Gasteiger partial charge in [0.2, 0.25) is 0 Å². The molecule has 0 spiro atoms. The first-order valence-electron chi connectivity index (χ1n) is 4.85. The number of ether oxygens (including phenoxy) is 1. The topological polar surface area (TPSA) is 59.7 Å². The Morgan fingerprint density at radius 2 is 2.12 bits per heavy atom. The Hall–Kier alpha value is -1.94. The van der Waals surface area contributed by atoms with Crippen molar-refractivity contribution in [2.75, 3.05) is 0 Å². The van der Waals surface area contributed by atoms with E-state index in [1.54, 1.807) is 24.3 Å². The van der Waals surface area contributed by atoms with Crippen LogP contribution in [0.1, 0.15) is 16.1 Å². The van der Waals surface area contributed by atoms with E-state index in [1.807, 2.05) is 0 Å². The van der Waals surface area contributed by atoms with Gasteiger partial charge in [-0.05, 0) is 18.2 Å². The SMILES string of the molecule is O=C(O)c1ccoc1COc1ccccc1Cl. The van der Waals surface area contributed by atoms with Gasteiger partial charge in [-0.2, -0.15) is 0 Å². The predicted molar refractivity (Wildman–Crippen MR) is 61.5 cm³/mol. The van der Waals surface area contributed by atoms with Crippen LogP contribution in [0, 0.1) is 0 Å². The number of furan rings is 1. The maximum Gasteiger partial charge on any atom is 0.339 e. The quantitative estimate of drug-likeness (QED) is 0.908. The third-order valence-electron chi connectivity index (χ3n) is 2.17. The molecular formula is C12H9ClO4. The molecule has 0 amide bonds. The van der Waals surface area contributed by atoms with E-state index in [-0.39, 0.29) is 17.9 Å². The third-order valence-corrected chi connectivity index (χ3v) is 2.48. The molecule has 17 heavy (non-hydrogen) atoms. The van der Waals surface area contributed by atoms with Crippen LogP contribution in [0.4, 0.5) is 0 Å². The molecule has 0 saturated carbocycles. The minimum atomic E-state index is -1.04. The van der Waals surface area contributed by atoms with E-state index >= 15 is 0 Å². The number of aromatic carboxylic acids is 1. The number of carboxylic acids is 1. The summed E-state index contributed by atoms with van der Waals surface area (Å²) in [5.41, 5.74) is 0.0945. The molecular weight excluding hydrogens is 244 g/mol. The van der Waals surface area contributed by atoms with Gasteiger partial charge in [0.25, 0.3) is 0 Å². The summed E-state index contributed by atoms with van der Waals surface area (Å²) in [4.78, 5) is 10.8. The molecule has 0 aliphatic carbocycles. The maximum atomic E-state index is 10.8. The summed E-state index contributed by atoms with van der Waals surface area (Å²) in [7, 11) is 0. The molecule has 0 aliphatic rings. The standard InChI is InChI=1S/C12H9ClO4/c13-9-3-1-2-4-10(9)17-7-11-8(12(14)15)5-6-16-11/h1-6H,7H2,(H,14,15). The van der Waals surface area contributed by atoms with Gasteiger partial charge < -0.3 is 14.3 Å². The lowest BCUT2D eigenvalue weighted by molar-refractivity contribution is 0.0692. The molecule has 0 unspecified atom stereocenters. The molecule has 2 aromatic rings. The molecule has 1 heterocycles. The zero-order chi connectivity index (χ0) is 12.3. The molecule has 0 bridgehead atoms. The zero-order valence-electron chi connectivity index (χ0n) is 8.72. The van der Waals surface area contributed by atoms with Crippen LogP contribution in [0.2, 0.25) is 5.02 Å². The first-order valence-corrected chi connectivity index (χ1v) is 5.23. The molecule has 0 saturated heterocycles.